The third-order valence-corrected chi connectivity index (χ3v) is 7.47. The fraction of sp³-hybridized carbons (Fsp3) is 0.400. The predicted molar refractivity (Wildman–Crippen MR) is 146 cm³/mol. The van der Waals surface area contributed by atoms with Crippen LogP contribution < -0.4 is 10.6 Å². The topological polar surface area (TPSA) is 60.5 Å². The highest BCUT2D eigenvalue weighted by molar-refractivity contribution is 5.99. The summed E-state index contributed by atoms with van der Waals surface area (Å²) in [6, 6.07) is 13.2. The SMILES string of the molecule is C[C@@H]1CN(Cc2ccc(-c3cccnc3C(=O)N3CCC(Nc4ccc(F)c(F)c4)CC3)cc2F)C[C@H](C)N1. The molecule has 206 valence electrons. The van der Waals surface area contributed by atoms with Gasteiger partial charge in [-0.1, -0.05) is 18.2 Å². The summed E-state index contributed by atoms with van der Waals surface area (Å²) in [5.74, 6) is -2.28. The van der Waals surface area contributed by atoms with Gasteiger partial charge < -0.3 is 15.5 Å². The van der Waals surface area contributed by atoms with Crippen LogP contribution in [0.5, 0.6) is 0 Å². The lowest BCUT2D eigenvalue weighted by atomic mass is 9.99. The Morgan fingerprint density at radius 3 is 2.41 bits per heavy atom. The van der Waals surface area contributed by atoms with Crippen LogP contribution in [0, 0.1) is 17.5 Å². The number of hydrogen-bond acceptors (Lipinski definition) is 5. The Kier molecular flexibility index (Phi) is 8.18. The quantitative estimate of drug-likeness (QED) is 0.460. The number of carbonyl (C=O) groups is 1. The zero-order chi connectivity index (χ0) is 27.5. The number of piperidine rings is 1. The van der Waals surface area contributed by atoms with Gasteiger partial charge >= 0.3 is 0 Å². The van der Waals surface area contributed by atoms with Gasteiger partial charge in [0.1, 0.15) is 11.5 Å². The first kappa shape index (κ1) is 27.1. The first-order chi connectivity index (χ1) is 18.8. The lowest BCUT2D eigenvalue weighted by molar-refractivity contribution is 0.0713. The zero-order valence-electron chi connectivity index (χ0n) is 22.3. The number of nitrogens with zero attached hydrogens (tertiary/aromatic N) is 3. The largest absolute Gasteiger partial charge is 0.382 e. The highest BCUT2D eigenvalue weighted by Gasteiger charge is 2.27. The third-order valence-electron chi connectivity index (χ3n) is 7.47. The van der Waals surface area contributed by atoms with Crippen LogP contribution in [0.1, 0.15) is 42.7 Å². The van der Waals surface area contributed by atoms with E-state index in [-0.39, 0.29) is 17.8 Å². The molecule has 3 heterocycles. The van der Waals surface area contributed by atoms with Gasteiger partial charge in [0.15, 0.2) is 11.6 Å². The monoisotopic (exact) mass is 537 g/mol. The Hall–Kier alpha value is -3.43. The predicted octanol–water partition coefficient (Wildman–Crippen LogP) is 5.06. The molecule has 2 atom stereocenters. The van der Waals surface area contributed by atoms with Crippen LogP contribution >= 0.6 is 0 Å². The molecule has 0 unspecified atom stereocenters. The van der Waals surface area contributed by atoms with Gasteiger partial charge in [-0.05, 0) is 56.5 Å². The molecule has 0 aliphatic carbocycles. The lowest BCUT2D eigenvalue weighted by Crippen LogP contribution is -2.53. The fourth-order valence-electron chi connectivity index (χ4n) is 5.66. The number of carbonyl (C=O) groups excluding carboxylic acids is 1. The van der Waals surface area contributed by atoms with Crippen molar-refractivity contribution in [3.63, 3.8) is 0 Å². The first-order valence-electron chi connectivity index (χ1n) is 13.5. The van der Waals surface area contributed by atoms with Crippen molar-refractivity contribution >= 4 is 11.6 Å². The number of benzene rings is 2. The Bertz CT molecular complexity index is 1320. The maximum absolute atomic E-state index is 15.2. The van der Waals surface area contributed by atoms with Crippen LogP contribution in [0.4, 0.5) is 18.9 Å². The number of hydrogen-bond donors (Lipinski definition) is 2. The Labute approximate surface area is 227 Å². The molecule has 9 heteroatoms. The summed E-state index contributed by atoms with van der Waals surface area (Å²) in [4.78, 5) is 21.8. The molecule has 0 bridgehead atoms. The molecule has 6 nitrogen and oxygen atoms in total. The van der Waals surface area contributed by atoms with Gasteiger partial charge in [0, 0.05) is 79.9 Å². The number of likely N-dealkylation sites (tertiary alicyclic amines) is 1. The molecule has 2 aromatic carbocycles. The second-order valence-electron chi connectivity index (χ2n) is 10.7. The van der Waals surface area contributed by atoms with Gasteiger partial charge in [-0.3, -0.25) is 14.7 Å². The van der Waals surface area contributed by atoms with Gasteiger partial charge in [-0.25, -0.2) is 13.2 Å². The highest BCUT2D eigenvalue weighted by Crippen LogP contribution is 2.27. The number of pyridine rings is 1. The molecule has 2 saturated heterocycles. The summed E-state index contributed by atoms with van der Waals surface area (Å²) in [5.41, 5.74) is 2.65. The molecule has 1 aromatic heterocycles. The molecule has 3 aromatic rings. The molecule has 0 spiro atoms. The van der Waals surface area contributed by atoms with E-state index in [2.05, 4.69) is 34.4 Å². The summed E-state index contributed by atoms with van der Waals surface area (Å²) in [5, 5.41) is 6.71. The first-order valence-corrected chi connectivity index (χ1v) is 13.5. The van der Waals surface area contributed by atoms with Crippen molar-refractivity contribution in [3.8, 4) is 11.1 Å². The van der Waals surface area contributed by atoms with Crippen LogP contribution in [0.3, 0.4) is 0 Å². The fourth-order valence-corrected chi connectivity index (χ4v) is 5.66. The van der Waals surface area contributed by atoms with Crippen LogP contribution in [-0.4, -0.2) is 65.0 Å². The van der Waals surface area contributed by atoms with E-state index in [4.69, 9.17) is 0 Å². The zero-order valence-corrected chi connectivity index (χ0v) is 22.3. The minimum absolute atomic E-state index is 0.0328. The standard InChI is InChI=1S/C30H34F3N5O/c1-19-16-37(17-20(2)35-19)18-22-6-5-21(14-27(22)32)25-4-3-11-34-29(25)30(39)38-12-9-23(10-13-38)36-24-7-8-26(31)28(33)15-24/h3-8,11,14-15,19-20,23,35-36H,9-10,12-13,16-18H2,1-2H3/t19-,20+. The molecule has 39 heavy (non-hydrogen) atoms. The molecule has 2 aliphatic rings. The molecule has 2 fully saturated rings. The number of rotatable bonds is 6. The van der Waals surface area contributed by atoms with E-state index in [9.17, 15) is 13.6 Å². The summed E-state index contributed by atoms with van der Waals surface area (Å²) in [6.07, 6.45) is 2.88. The molecule has 5 rings (SSSR count). The van der Waals surface area contributed by atoms with Crippen molar-refractivity contribution in [2.24, 2.45) is 0 Å². The van der Waals surface area contributed by atoms with Crippen molar-refractivity contribution in [1.29, 1.82) is 0 Å². The van der Waals surface area contributed by atoms with Crippen LogP contribution in [0.25, 0.3) is 11.1 Å². The third kappa shape index (κ3) is 6.42. The average Bonchev–Trinajstić information content (AvgIpc) is 2.91. The van der Waals surface area contributed by atoms with E-state index in [1.807, 2.05) is 6.07 Å². The van der Waals surface area contributed by atoms with Crippen molar-refractivity contribution in [2.75, 3.05) is 31.5 Å². The van der Waals surface area contributed by atoms with E-state index < -0.39 is 11.6 Å². The molecule has 2 aliphatic heterocycles. The number of piperazine rings is 1. The molecular weight excluding hydrogens is 503 g/mol. The lowest BCUT2D eigenvalue weighted by Gasteiger charge is -2.36. The number of anilines is 1. The number of aromatic nitrogens is 1. The van der Waals surface area contributed by atoms with Gasteiger partial charge in [0.05, 0.1) is 0 Å². The van der Waals surface area contributed by atoms with Crippen molar-refractivity contribution in [2.45, 2.75) is 51.4 Å². The average molecular weight is 538 g/mol. The molecule has 0 radical (unpaired) electrons. The van der Waals surface area contributed by atoms with Crippen molar-refractivity contribution < 1.29 is 18.0 Å². The van der Waals surface area contributed by atoms with E-state index in [1.165, 1.54) is 12.1 Å². The maximum Gasteiger partial charge on any atom is 0.273 e. The highest BCUT2D eigenvalue weighted by atomic mass is 19.2. The van der Waals surface area contributed by atoms with Crippen LogP contribution in [-0.2, 0) is 6.54 Å². The van der Waals surface area contributed by atoms with E-state index in [1.54, 1.807) is 29.3 Å². The van der Waals surface area contributed by atoms with Crippen LogP contribution in [0.15, 0.2) is 54.7 Å². The van der Waals surface area contributed by atoms with E-state index in [0.29, 0.717) is 72.6 Å². The summed E-state index contributed by atoms with van der Waals surface area (Å²) in [6.45, 7) is 7.51. The summed E-state index contributed by atoms with van der Waals surface area (Å²) < 4.78 is 42.0. The summed E-state index contributed by atoms with van der Waals surface area (Å²) >= 11 is 0. The summed E-state index contributed by atoms with van der Waals surface area (Å²) in [7, 11) is 0. The molecule has 0 saturated carbocycles. The van der Waals surface area contributed by atoms with Gasteiger partial charge in [0.2, 0.25) is 0 Å². The minimum Gasteiger partial charge on any atom is -0.382 e. The number of halogens is 3. The molecular formula is C30H34F3N5O. The van der Waals surface area contributed by atoms with Gasteiger partial charge in [-0.2, -0.15) is 0 Å². The minimum atomic E-state index is -0.896. The smallest absolute Gasteiger partial charge is 0.273 e. The number of nitrogens with one attached hydrogen (secondary N) is 2. The Morgan fingerprint density at radius 1 is 0.974 bits per heavy atom. The number of amides is 1. The second kappa shape index (κ2) is 11.8. The van der Waals surface area contributed by atoms with E-state index in [0.717, 1.165) is 25.2 Å². The van der Waals surface area contributed by atoms with Gasteiger partial charge in [0.25, 0.3) is 5.91 Å². The van der Waals surface area contributed by atoms with Gasteiger partial charge in [-0.15, -0.1) is 0 Å². The second-order valence-corrected chi connectivity index (χ2v) is 10.7. The molecule has 2 N–H and O–H groups in total. The van der Waals surface area contributed by atoms with Crippen molar-refractivity contribution in [1.82, 2.24) is 20.1 Å². The molecule has 1 amide bonds. The maximum atomic E-state index is 15.2. The Morgan fingerprint density at radius 2 is 1.72 bits per heavy atom. The van der Waals surface area contributed by atoms with E-state index >= 15 is 4.39 Å². The normalized spacial score (nSPS) is 20.7. The van der Waals surface area contributed by atoms with Crippen molar-refractivity contribution in [3.05, 3.63) is 83.4 Å². The Balaban J connectivity index is 1.25. The van der Waals surface area contributed by atoms with Crippen LogP contribution in [0.2, 0.25) is 0 Å².